The molecule has 1 unspecified atom stereocenters. The van der Waals surface area contributed by atoms with Crippen LogP contribution in [-0.2, 0) is 51.8 Å². The Balaban J connectivity index is -0.000000117. The molecule has 0 aliphatic rings. The molecule has 1 aromatic rings. The first-order chi connectivity index (χ1) is 11.2. The van der Waals surface area contributed by atoms with Gasteiger partial charge in [0.05, 0.1) is 12.7 Å². The molecule has 128 valence electrons. The van der Waals surface area contributed by atoms with Gasteiger partial charge in [0.25, 0.3) is 0 Å². The van der Waals surface area contributed by atoms with Crippen LogP contribution in [0.3, 0.4) is 0 Å². The van der Waals surface area contributed by atoms with Crippen molar-refractivity contribution < 1.29 is 45.2 Å². The molecule has 1 rings (SSSR count). The monoisotopic (exact) mass is 372 g/mol. The average Bonchev–Trinajstić information content (AvgIpc) is 2.65. The van der Waals surface area contributed by atoms with Crippen molar-refractivity contribution in [2.24, 2.45) is 0 Å². The van der Waals surface area contributed by atoms with Crippen LogP contribution in [0.1, 0.15) is 19.4 Å². The van der Waals surface area contributed by atoms with Gasteiger partial charge in [-0.3, -0.25) is 4.79 Å². The second-order valence-electron chi connectivity index (χ2n) is 3.47. The van der Waals surface area contributed by atoms with E-state index in [1.54, 1.807) is 6.42 Å². The summed E-state index contributed by atoms with van der Waals surface area (Å²) in [5.74, 6) is 0.0464. The average molecular weight is 372 g/mol. The molecule has 0 saturated carbocycles. The van der Waals surface area contributed by atoms with Crippen molar-refractivity contribution in [1.82, 2.24) is 0 Å². The summed E-state index contributed by atoms with van der Waals surface area (Å²) >= 11 is 0. The predicted octanol–water partition coefficient (Wildman–Crippen LogP) is 2.44. The van der Waals surface area contributed by atoms with E-state index in [2.05, 4.69) is 26.6 Å². The Hall–Kier alpha value is -1.67. The third kappa shape index (κ3) is 28.5. The Labute approximate surface area is 153 Å². The van der Waals surface area contributed by atoms with Crippen molar-refractivity contribution in [2.45, 2.75) is 26.6 Å². The summed E-state index contributed by atoms with van der Waals surface area (Å²) < 4.78 is 35.5. The summed E-state index contributed by atoms with van der Waals surface area (Å²) in [5.41, 5.74) is 1.14. The van der Waals surface area contributed by atoms with Crippen molar-refractivity contribution in [2.75, 3.05) is 0 Å². The van der Waals surface area contributed by atoms with Crippen molar-refractivity contribution in [1.29, 1.82) is 0 Å². The molecule has 2 radical (unpaired) electrons. The van der Waals surface area contributed by atoms with E-state index in [1.807, 2.05) is 37.3 Å². The van der Waals surface area contributed by atoms with Gasteiger partial charge in [0.15, 0.2) is 0 Å². The Morgan fingerprint density at radius 3 is 1.83 bits per heavy atom. The SMILES string of the molecule is CC(=O)[CH][CH]C(C)OCc1ccccc1.[C-]#[O+].[C-]#[O+].[C-]#[O+].[C-]#[O+].[Fe]. The van der Waals surface area contributed by atoms with Gasteiger partial charge < -0.3 is 4.74 Å². The van der Waals surface area contributed by atoms with Crippen molar-refractivity contribution in [3.63, 3.8) is 0 Å². The van der Waals surface area contributed by atoms with E-state index in [9.17, 15) is 4.79 Å². The molecule has 0 bridgehead atoms. The van der Waals surface area contributed by atoms with Crippen LogP contribution in [0.25, 0.3) is 0 Å². The van der Waals surface area contributed by atoms with Crippen LogP contribution >= 0.6 is 0 Å². The van der Waals surface area contributed by atoms with Gasteiger partial charge in [-0.05, 0) is 19.4 Å². The zero-order chi connectivity index (χ0) is 19.1. The molecule has 0 heterocycles. The largest absolute Gasteiger partial charge is 0 e. The van der Waals surface area contributed by atoms with Gasteiger partial charge in [-0.25, -0.2) is 0 Å². The van der Waals surface area contributed by atoms with Gasteiger partial charge in [0.2, 0.25) is 0 Å². The molecule has 1 atom stereocenters. The van der Waals surface area contributed by atoms with Crippen LogP contribution in [0, 0.1) is 39.4 Å². The number of rotatable bonds is 6. The standard InChI is InChI=1S/C13H16O2.4CO.Fe/c1-11(14)8-9-12(2)15-10-13-6-4-3-5-7-13;4*1-2;/h3-9,12H,10H2,1-2H3;;;;;. The quantitative estimate of drug-likeness (QED) is 0.435. The molecule has 0 N–H and O–H groups in total. The molecule has 0 fully saturated rings. The topological polar surface area (TPSA) is 106 Å². The van der Waals surface area contributed by atoms with Crippen LogP contribution < -0.4 is 0 Å². The minimum absolute atomic E-state index is 0. The minimum atomic E-state index is -0.0332. The molecular formula is C17H16FeO6. The third-order valence-corrected chi connectivity index (χ3v) is 1.96. The van der Waals surface area contributed by atoms with E-state index < -0.39 is 0 Å². The summed E-state index contributed by atoms with van der Waals surface area (Å²) in [6.45, 7) is 22.0. The zero-order valence-electron chi connectivity index (χ0n) is 13.1. The maximum Gasteiger partial charge on any atom is 0 e. The Bertz CT molecular complexity index is 426. The van der Waals surface area contributed by atoms with E-state index in [0.29, 0.717) is 6.61 Å². The second-order valence-corrected chi connectivity index (χ2v) is 3.47. The van der Waals surface area contributed by atoms with Gasteiger partial charge in [0, 0.05) is 29.9 Å². The second kappa shape index (κ2) is 33.1. The number of carbonyl (C=O) groups excluding carboxylic acids is 1. The minimum Gasteiger partial charge on any atom is 0 e. The molecule has 0 aliphatic heterocycles. The van der Waals surface area contributed by atoms with E-state index in [4.69, 9.17) is 23.3 Å². The number of ether oxygens (including phenoxy) is 1. The molecule has 0 saturated heterocycles. The first-order valence-electron chi connectivity index (χ1n) is 5.84. The fourth-order valence-electron chi connectivity index (χ4n) is 1.13. The van der Waals surface area contributed by atoms with E-state index in [0.717, 1.165) is 5.56 Å². The first kappa shape index (κ1) is 33.8. The Morgan fingerprint density at radius 2 is 1.46 bits per heavy atom. The van der Waals surface area contributed by atoms with E-state index in [-0.39, 0.29) is 29.0 Å². The molecule has 1 aromatic carbocycles. The smallest absolute Gasteiger partial charge is 0 e. The van der Waals surface area contributed by atoms with Crippen molar-refractivity contribution in [3.05, 3.63) is 75.3 Å². The van der Waals surface area contributed by atoms with Gasteiger partial charge >= 0.3 is 45.2 Å². The summed E-state index contributed by atoms with van der Waals surface area (Å²) in [7, 11) is 0. The van der Waals surface area contributed by atoms with Crippen molar-refractivity contribution >= 4 is 5.78 Å². The molecule has 0 aliphatic carbocycles. The Kier molecular flexibility index (Phi) is 46.6. The fourth-order valence-corrected chi connectivity index (χ4v) is 1.13. The summed E-state index contributed by atoms with van der Waals surface area (Å²) in [5, 5.41) is 0. The molecule has 6 nitrogen and oxygen atoms in total. The zero-order valence-corrected chi connectivity index (χ0v) is 14.2. The molecule has 24 heavy (non-hydrogen) atoms. The third-order valence-electron chi connectivity index (χ3n) is 1.96. The van der Waals surface area contributed by atoms with Gasteiger partial charge in [-0.15, -0.1) is 0 Å². The Morgan fingerprint density at radius 1 is 1.04 bits per heavy atom. The van der Waals surface area contributed by atoms with E-state index >= 15 is 0 Å². The summed E-state index contributed by atoms with van der Waals surface area (Å²) in [4.78, 5) is 10.7. The van der Waals surface area contributed by atoms with Gasteiger partial charge in [-0.1, -0.05) is 30.3 Å². The maximum atomic E-state index is 10.7. The molecule has 0 amide bonds. The molecule has 0 aromatic heterocycles. The van der Waals surface area contributed by atoms with Crippen LogP contribution in [0.2, 0.25) is 0 Å². The molecular weight excluding hydrogens is 356 g/mol. The molecule has 0 spiro atoms. The number of benzene rings is 1. The number of hydrogen-bond acceptors (Lipinski definition) is 2. The van der Waals surface area contributed by atoms with E-state index in [1.165, 1.54) is 13.3 Å². The van der Waals surface area contributed by atoms with Crippen LogP contribution in [0.4, 0.5) is 0 Å². The molecule has 7 heteroatoms. The fraction of sp³-hybridized carbons (Fsp3) is 0.235. The summed E-state index contributed by atoms with van der Waals surface area (Å²) in [6, 6.07) is 9.97. The summed E-state index contributed by atoms with van der Waals surface area (Å²) in [6.07, 6.45) is 3.27. The van der Waals surface area contributed by atoms with Crippen molar-refractivity contribution in [3.8, 4) is 0 Å². The van der Waals surface area contributed by atoms with Crippen LogP contribution in [-0.4, -0.2) is 11.9 Å². The maximum absolute atomic E-state index is 10.7. The number of carbonyl (C=O) groups is 1. The predicted molar refractivity (Wildman–Crippen MR) is 75.7 cm³/mol. The van der Waals surface area contributed by atoms with Gasteiger partial charge in [-0.2, -0.15) is 0 Å². The number of Topliss-reactive ketones (excluding diaryl/α,β-unsaturated/α-hetero) is 1. The van der Waals surface area contributed by atoms with Crippen LogP contribution in [0.15, 0.2) is 30.3 Å². The number of ketones is 1. The number of hydrogen-bond donors (Lipinski definition) is 0. The first-order valence-corrected chi connectivity index (χ1v) is 5.84. The normalized spacial score (nSPS) is 8.08. The van der Waals surface area contributed by atoms with Gasteiger partial charge in [0.1, 0.15) is 5.78 Å². The van der Waals surface area contributed by atoms with Crippen LogP contribution in [0.5, 0.6) is 0 Å².